The van der Waals surface area contributed by atoms with E-state index in [4.69, 9.17) is 4.98 Å². The third-order valence-electron chi connectivity index (χ3n) is 6.81. The minimum absolute atomic E-state index is 0.138. The second-order valence-electron chi connectivity index (χ2n) is 8.78. The van der Waals surface area contributed by atoms with Crippen molar-refractivity contribution < 1.29 is 0 Å². The highest BCUT2D eigenvalue weighted by Gasteiger charge is 2.44. The van der Waals surface area contributed by atoms with Gasteiger partial charge in [-0.05, 0) is 74.8 Å². The van der Waals surface area contributed by atoms with Gasteiger partial charge in [-0.15, -0.1) is 0 Å². The molecule has 0 unspecified atom stereocenters. The van der Waals surface area contributed by atoms with Crippen LogP contribution in [0.4, 0.5) is 22.9 Å². The van der Waals surface area contributed by atoms with Crippen molar-refractivity contribution in [2.45, 2.75) is 25.2 Å². The van der Waals surface area contributed by atoms with E-state index in [1.165, 1.54) is 16.8 Å². The zero-order valence-corrected chi connectivity index (χ0v) is 17.7. The Hall–Kier alpha value is -3.38. The summed E-state index contributed by atoms with van der Waals surface area (Å²) >= 11 is 0. The number of anilines is 4. The zero-order valence-electron chi connectivity index (χ0n) is 17.7. The van der Waals surface area contributed by atoms with Gasteiger partial charge in [0.25, 0.3) is 0 Å². The SMILES string of the molecule is Cc1ccc(Nc2ccc3c(c2)C2(CCNCC2)CN3c2ncnc3[nH]ccc23)cc1. The molecule has 0 aliphatic carbocycles. The van der Waals surface area contributed by atoms with E-state index < -0.39 is 0 Å². The molecule has 2 aromatic carbocycles. The number of H-pyrrole nitrogens is 1. The van der Waals surface area contributed by atoms with Crippen molar-refractivity contribution in [2.75, 3.05) is 29.9 Å². The van der Waals surface area contributed by atoms with Gasteiger partial charge < -0.3 is 20.5 Å². The van der Waals surface area contributed by atoms with E-state index in [2.05, 4.69) is 81.0 Å². The number of nitrogens with zero attached hydrogens (tertiary/aromatic N) is 3. The topological polar surface area (TPSA) is 68.9 Å². The Balaban J connectivity index is 1.44. The Labute approximate surface area is 181 Å². The van der Waals surface area contributed by atoms with E-state index in [-0.39, 0.29) is 5.41 Å². The number of piperidine rings is 1. The van der Waals surface area contributed by atoms with Crippen LogP contribution in [0.2, 0.25) is 0 Å². The van der Waals surface area contributed by atoms with Crippen LogP contribution in [0.3, 0.4) is 0 Å². The molecule has 6 heteroatoms. The summed E-state index contributed by atoms with van der Waals surface area (Å²) < 4.78 is 0. The molecule has 1 spiro atoms. The molecule has 0 radical (unpaired) electrons. The molecule has 0 saturated carbocycles. The van der Waals surface area contributed by atoms with Crippen molar-refractivity contribution >= 4 is 33.9 Å². The lowest BCUT2D eigenvalue weighted by Gasteiger charge is -2.35. The number of aromatic amines is 1. The van der Waals surface area contributed by atoms with Crippen LogP contribution in [0, 0.1) is 6.92 Å². The molecule has 4 aromatic rings. The number of rotatable bonds is 3. The molecule has 0 atom stereocenters. The normalized spacial score (nSPS) is 17.3. The Bertz CT molecular complexity index is 1240. The van der Waals surface area contributed by atoms with Crippen molar-refractivity contribution in [3.8, 4) is 0 Å². The quantitative estimate of drug-likeness (QED) is 0.453. The van der Waals surface area contributed by atoms with Gasteiger partial charge in [-0.3, -0.25) is 0 Å². The zero-order chi connectivity index (χ0) is 20.8. The molecule has 6 nitrogen and oxygen atoms in total. The largest absolute Gasteiger partial charge is 0.356 e. The fraction of sp³-hybridized carbons (Fsp3) is 0.280. The summed E-state index contributed by atoms with van der Waals surface area (Å²) in [5.74, 6) is 0.988. The molecular weight excluding hydrogens is 384 g/mol. The van der Waals surface area contributed by atoms with E-state index in [9.17, 15) is 0 Å². The predicted molar refractivity (Wildman–Crippen MR) is 126 cm³/mol. The van der Waals surface area contributed by atoms with Gasteiger partial charge in [-0.2, -0.15) is 0 Å². The Kier molecular flexibility index (Phi) is 4.21. The highest BCUT2D eigenvalue weighted by atomic mass is 15.2. The monoisotopic (exact) mass is 410 g/mol. The first-order chi connectivity index (χ1) is 15.2. The number of aromatic nitrogens is 3. The molecule has 156 valence electrons. The first kappa shape index (κ1) is 18.4. The van der Waals surface area contributed by atoms with Gasteiger partial charge in [-0.25, -0.2) is 9.97 Å². The highest BCUT2D eigenvalue weighted by Crippen LogP contribution is 2.50. The van der Waals surface area contributed by atoms with E-state index in [0.29, 0.717) is 0 Å². The molecule has 2 aromatic heterocycles. The summed E-state index contributed by atoms with van der Waals surface area (Å²) in [5.41, 5.74) is 7.23. The van der Waals surface area contributed by atoms with Crippen molar-refractivity contribution in [1.82, 2.24) is 20.3 Å². The van der Waals surface area contributed by atoms with Crippen LogP contribution in [0.5, 0.6) is 0 Å². The Morgan fingerprint density at radius 3 is 2.61 bits per heavy atom. The third kappa shape index (κ3) is 3.06. The van der Waals surface area contributed by atoms with Gasteiger partial charge in [0, 0.05) is 35.2 Å². The van der Waals surface area contributed by atoms with Crippen LogP contribution < -0.4 is 15.5 Å². The standard InChI is InChI=1S/C25H26N6/c1-17-2-4-18(5-3-17)30-19-6-7-22-21(14-19)25(9-12-26-13-10-25)15-31(22)24-20-8-11-27-23(20)28-16-29-24/h2-8,11,14,16,26,30H,9-10,12-13,15H2,1H3,(H,27,28,29). The fourth-order valence-corrected chi connectivity index (χ4v) is 5.15. The van der Waals surface area contributed by atoms with Gasteiger partial charge in [0.05, 0.1) is 5.39 Å². The lowest BCUT2D eigenvalue weighted by Crippen LogP contribution is -2.42. The summed E-state index contributed by atoms with van der Waals surface area (Å²) in [5, 5.41) is 8.21. The van der Waals surface area contributed by atoms with Crippen molar-refractivity contribution in [1.29, 1.82) is 0 Å². The van der Waals surface area contributed by atoms with Crippen LogP contribution in [0.1, 0.15) is 24.0 Å². The van der Waals surface area contributed by atoms with Gasteiger partial charge in [0.1, 0.15) is 17.8 Å². The van der Waals surface area contributed by atoms with Crippen molar-refractivity contribution in [3.63, 3.8) is 0 Å². The molecule has 0 amide bonds. The summed E-state index contributed by atoms with van der Waals surface area (Å²) in [6, 6.07) is 17.4. The number of hydrogen-bond acceptors (Lipinski definition) is 5. The van der Waals surface area contributed by atoms with E-state index in [1.54, 1.807) is 6.33 Å². The molecule has 31 heavy (non-hydrogen) atoms. The average Bonchev–Trinajstić information content (AvgIpc) is 3.39. The lowest BCUT2D eigenvalue weighted by molar-refractivity contribution is 0.329. The molecule has 4 heterocycles. The Morgan fingerprint density at radius 1 is 0.968 bits per heavy atom. The second kappa shape index (κ2) is 7.10. The molecule has 1 saturated heterocycles. The van der Waals surface area contributed by atoms with E-state index in [0.717, 1.165) is 60.7 Å². The van der Waals surface area contributed by atoms with Crippen molar-refractivity contribution in [2.24, 2.45) is 0 Å². The first-order valence-electron chi connectivity index (χ1n) is 11.0. The number of nitrogens with one attached hydrogen (secondary N) is 3. The number of benzene rings is 2. The summed E-state index contributed by atoms with van der Waals surface area (Å²) in [7, 11) is 0. The van der Waals surface area contributed by atoms with Crippen LogP contribution in [-0.2, 0) is 5.41 Å². The lowest BCUT2D eigenvalue weighted by atomic mass is 9.74. The fourth-order valence-electron chi connectivity index (χ4n) is 5.15. The molecule has 0 bridgehead atoms. The average molecular weight is 411 g/mol. The van der Waals surface area contributed by atoms with Gasteiger partial charge in [0.2, 0.25) is 0 Å². The molecule has 6 rings (SSSR count). The number of aryl methyl sites for hydroxylation is 1. The third-order valence-corrected chi connectivity index (χ3v) is 6.81. The van der Waals surface area contributed by atoms with Crippen LogP contribution in [-0.4, -0.2) is 34.6 Å². The molecular formula is C25H26N6. The maximum atomic E-state index is 4.70. The summed E-state index contributed by atoms with van der Waals surface area (Å²) in [4.78, 5) is 14.7. The smallest absolute Gasteiger partial charge is 0.145 e. The van der Waals surface area contributed by atoms with Crippen LogP contribution in [0.15, 0.2) is 61.1 Å². The van der Waals surface area contributed by atoms with Gasteiger partial charge in [0.15, 0.2) is 0 Å². The second-order valence-corrected chi connectivity index (χ2v) is 8.78. The highest BCUT2D eigenvalue weighted by molar-refractivity contribution is 5.91. The van der Waals surface area contributed by atoms with Gasteiger partial charge >= 0.3 is 0 Å². The van der Waals surface area contributed by atoms with Crippen LogP contribution in [0.25, 0.3) is 11.0 Å². The summed E-state index contributed by atoms with van der Waals surface area (Å²) in [6.07, 6.45) is 5.86. The molecule has 2 aliphatic rings. The predicted octanol–water partition coefficient (Wildman–Crippen LogP) is 4.78. The minimum Gasteiger partial charge on any atom is -0.356 e. The van der Waals surface area contributed by atoms with E-state index in [1.807, 2.05) is 6.20 Å². The van der Waals surface area contributed by atoms with Crippen LogP contribution >= 0.6 is 0 Å². The number of hydrogen-bond donors (Lipinski definition) is 3. The van der Waals surface area contributed by atoms with E-state index >= 15 is 0 Å². The maximum Gasteiger partial charge on any atom is 0.145 e. The molecule has 1 fully saturated rings. The van der Waals surface area contributed by atoms with Crippen molar-refractivity contribution in [3.05, 3.63) is 72.2 Å². The molecule has 2 aliphatic heterocycles. The number of fused-ring (bicyclic) bond motifs is 3. The molecule has 3 N–H and O–H groups in total. The first-order valence-corrected chi connectivity index (χ1v) is 11.0. The van der Waals surface area contributed by atoms with Gasteiger partial charge in [-0.1, -0.05) is 17.7 Å². The minimum atomic E-state index is 0.138. The maximum absolute atomic E-state index is 4.70. The summed E-state index contributed by atoms with van der Waals surface area (Å²) in [6.45, 7) is 5.16. The Morgan fingerprint density at radius 2 is 1.77 bits per heavy atom.